The van der Waals surface area contributed by atoms with Crippen LogP contribution in [0, 0.1) is 5.92 Å². The van der Waals surface area contributed by atoms with Gasteiger partial charge in [-0.25, -0.2) is 0 Å². The third-order valence-electron chi connectivity index (χ3n) is 2.97. The first-order valence-electron chi connectivity index (χ1n) is 6.27. The Kier molecular flexibility index (Phi) is 4.60. The van der Waals surface area contributed by atoms with E-state index in [2.05, 4.69) is 39.9 Å². The third-order valence-corrected chi connectivity index (χ3v) is 2.97. The summed E-state index contributed by atoms with van der Waals surface area (Å²) < 4.78 is 5.84. The molecular weight excluding hydrogens is 186 g/mol. The number of hydrogen-bond donors (Lipinski definition) is 1. The molecule has 90 valence electrons. The second kappa shape index (κ2) is 5.31. The van der Waals surface area contributed by atoms with Crippen LogP contribution in [0.3, 0.4) is 0 Å². The second-order valence-corrected chi connectivity index (χ2v) is 6.12. The van der Waals surface area contributed by atoms with Crippen LogP contribution in [0.15, 0.2) is 0 Å². The molecule has 1 aliphatic rings. The van der Waals surface area contributed by atoms with E-state index in [-0.39, 0.29) is 5.54 Å². The molecule has 0 bridgehead atoms. The summed E-state index contributed by atoms with van der Waals surface area (Å²) in [6, 6.07) is 0. The zero-order valence-electron chi connectivity index (χ0n) is 11.0. The summed E-state index contributed by atoms with van der Waals surface area (Å²) >= 11 is 0. The van der Waals surface area contributed by atoms with Gasteiger partial charge < -0.3 is 10.1 Å². The van der Waals surface area contributed by atoms with E-state index >= 15 is 0 Å². The van der Waals surface area contributed by atoms with Gasteiger partial charge in [0.1, 0.15) is 0 Å². The van der Waals surface area contributed by atoms with Crippen LogP contribution in [0.1, 0.15) is 53.9 Å². The summed E-state index contributed by atoms with van der Waals surface area (Å²) in [4.78, 5) is 0. The lowest BCUT2D eigenvalue weighted by molar-refractivity contribution is 0.0418. The zero-order chi connectivity index (χ0) is 11.5. The lowest BCUT2D eigenvalue weighted by Gasteiger charge is -2.24. The summed E-state index contributed by atoms with van der Waals surface area (Å²) in [5.41, 5.74) is 0.234. The highest BCUT2D eigenvalue weighted by Crippen LogP contribution is 2.24. The van der Waals surface area contributed by atoms with Crippen LogP contribution in [0.25, 0.3) is 0 Å². The maximum atomic E-state index is 5.84. The van der Waals surface area contributed by atoms with Gasteiger partial charge in [-0.3, -0.25) is 0 Å². The Morgan fingerprint density at radius 1 is 1.33 bits per heavy atom. The summed E-state index contributed by atoms with van der Waals surface area (Å²) in [5.74, 6) is 0.708. The summed E-state index contributed by atoms with van der Waals surface area (Å²) in [7, 11) is 0. The first-order chi connectivity index (χ1) is 6.87. The van der Waals surface area contributed by atoms with Gasteiger partial charge in [-0.1, -0.05) is 6.92 Å². The fraction of sp³-hybridized carbons (Fsp3) is 1.00. The summed E-state index contributed by atoms with van der Waals surface area (Å²) in [5, 5.41) is 3.55. The van der Waals surface area contributed by atoms with Crippen molar-refractivity contribution in [2.75, 3.05) is 6.54 Å². The lowest BCUT2D eigenvalue weighted by atomic mass is 10.00. The Hall–Kier alpha value is -0.0800. The van der Waals surface area contributed by atoms with Crippen molar-refractivity contribution in [3.8, 4) is 0 Å². The van der Waals surface area contributed by atoms with Crippen LogP contribution in [-0.2, 0) is 4.74 Å². The molecule has 1 N–H and O–H groups in total. The molecule has 0 aromatic rings. The highest BCUT2D eigenvalue weighted by atomic mass is 16.5. The fourth-order valence-electron chi connectivity index (χ4n) is 2.07. The molecule has 0 aromatic carbocycles. The quantitative estimate of drug-likeness (QED) is 0.775. The second-order valence-electron chi connectivity index (χ2n) is 6.12. The topological polar surface area (TPSA) is 21.3 Å². The molecule has 1 fully saturated rings. The first kappa shape index (κ1) is 13.0. The molecule has 0 saturated carbocycles. The maximum absolute atomic E-state index is 5.84. The summed E-state index contributed by atoms with van der Waals surface area (Å²) in [6.07, 6.45) is 4.69. The van der Waals surface area contributed by atoms with E-state index < -0.39 is 0 Å². The molecule has 0 amide bonds. The van der Waals surface area contributed by atoms with Gasteiger partial charge in [0.05, 0.1) is 12.2 Å². The predicted molar refractivity (Wildman–Crippen MR) is 65.1 cm³/mol. The largest absolute Gasteiger partial charge is 0.375 e. The van der Waals surface area contributed by atoms with Crippen LogP contribution in [0.2, 0.25) is 0 Å². The zero-order valence-corrected chi connectivity index (χ0v) is 11.0. The van der Waals surface area contributed by atoms with Crippen molar-refractivity contribution in [3.05, 3.63) is 0 Å². The highest BCUT2D eigenvalue weighted by molar-refractivity contribution is 4.76. The van der Waals surface area contributed by atoms with Gasteiger partial charge in [0, 0.05) is 5.54 Å². The first-order valence-corrected chi connectivity index (χ1v) is 6.27. The minimum Gasteiger partial charge on any atom is -0.375 e. The van der Waals surface area contributed by atoms with E-state index in [1.807, 2.05) is 0 Å². The summed E-state index contributed by atoms with van der Waals surface area (Å²) in [6.45, 7) is 12.2. The standard InChI is InChI=1S/C13H27NO/c1-10(9-14-13(3,4)5)8-12-7-6-11(2)15-12/h10-12,14H,6-9H2,1-5H3. The van der Waals surface area contributed by atoms with Crippen molar-refractivity contribution < 1.29 is 4.74 Å². The molecule has 0 aromatic heterocycles. The van der Waals surface area contributed by atoms with Crippen molar-refractivity contribution in [1.82, 2.24) is 5.32 Å². The number of hydrogen-bond acceptors (Lipinski definition) is 2. The Bertz CT molecular complexity index is 185. The molecule has 1 heterocycles. The molecule has 2 nitrogen and oxygen atoms in total. The average Bonchev–Trinajstić information content (AvgIpc) is 2.47. The van der Waals surface area contributed by atoms with Crippen LogP contribution in [-0.4, -0.2) is 24.3 Å². The molecule has 3 unspecified atom stereocenters. The molecule has 2 heteroatoms. The molecule has 0 spiro atoms. The van der Waals surface area contributed by atoms with E-state index in [1.165, 1.54) is 19.3 Å². The van der Waals surface area contributed by atoms with E-state index in [0.29, 0.717) is 18.1 Å². The Morgan fingerprint density at radius 3 is 2.47 bits per heavy atom. The highest BCUT2D eigenvalue weighted by Gasteiger charge is 2.23. The van der Waals surface area contributed by atoms with Gasteiger partial charge in [0.15, 0.2) is 0 Å². The van der Waals surface area contributed by atoms with Gasteiger partial charge in [-0.2, -0.15) is 0 Å². The van der Waals surface area contributed by atoms with Gasteiger partial charge in [0.25, 0.3) is 0 Å². The normalized spacial score (nSPS) is 29.4. The maximum Gasteiger partial charge on any atom is 0.0582 e. The number of ether oxygens (including phenoxy) is 1. The van der Waals surface area contributed by atoms with E-state index in [4.69, 9.17) is 4.74 Å². The van der Waals surface area contributed by atoms with Crippen molar-refractivity contribution >= 4 is 0 Å². The minimum absolute atomic E-state index is 0.234. The minimum atomic E-state index is 0.234. The van der Waals surface area contributed by atoms with Crippen molar-refractivity contribution in [2.45, 2.75) is 71.6 Å². The average molecular weight is 213 g/mol. The molecule has 0 aliphatic carbocycles. The van der Waals surface area contributed by atoms with Crippen LogP contribution >= 0.6 is 0 Å². The van der Waals surface area contributed by atoms with Gasteiger partial charge in [-0.05, 0) is 59.4 Å². The Labute approximate surface area is 94.8 Å². The van der Waals surface area contributed by atoms with Gasteiger partial charge in [0.2, 0.25) is 0 Å². The molecule has 3 atom stereocenters. The van der Waals surface area contributed by atoms with Crippen LogP contribution < -0.4 is 5.32 Å². The van der Waals surface area contributed by atoms with E-state index in [9.17, 15) is 0 Å². The molecule has 1 saturated heterocycles. The Balaban J connectivity index is 2.16. The van der Waals surface area contributed by atoms with Gasteiger partial charge >= 0.3 is 0 Å². The van der Waals surface area contributed by atoms with E-state index in [1.54, 1.807) is 0 Å². The van der Waals surface area contributed by atoms with Gasteiger partial charge in [-0.15, -0.1) is 0 Å². The molecule has 1 rings (SSSR count). The number of nitrogens with one attached hydrogen (secondary N) is 1. The molecule has 0 radical (unpaired) electrons. The smallest absolute Gasteiger partial charge is 0.0582 e. The van der Waals surface area contributed by atoms with E-state index in [0.717, 1.165) is 6.54 Å². The SMILES string of the molecule is CC(CNC(C)(C)C)CC1CCC(C)O1. The molecule has 15 heavy (non-hydrogen) atoms. The van der Waals surface area contributed by atoms with Crippen molar-refractivity contribution in [2.24, 2.45) is 5.92 Å². The van der Waals surface area contributed by atoms with Crippen LogP contribution in [0.4, 0.5) is 0 Å². The molecule has 1 aliphatic heterocycles. The van der Waals surface area contributed by atoms with Crippen LogP contribution in [0.5, 0.6) is 0 Å². The molecular formula is C13H27NO. The monoisotopic (exact) mass is 213 g/mol. The third kappa shape index (κ3) is 5.53. The fourth-order valence-corrected chi connectivity index (χ4v) is 2.07. The predicted octanol–water partition coefficient (Wildman–Crippen LogP) is 2.97. The van der Waals surface area contributed by atoms with Crippen molar-refractivity contribution in [3.63, 3.8) is 0 Å². The van der Waals surface area contributed by atoms with Crippen molar-refractivity contribution in [1.29, 1.82) is 0 Å². The number of rotatable bonds is 4. The lowest BCUT2D eigenvalue weighted by Crippen LogP contribution is -2.39. The Morgan fingerprint density at radius 2 is 2.00 bits per heavy atom.